The average Bonchev–Trinajstić information content (AvgIpc) is 2.74. The van der Waals surface area contributed by atoms with Crippen LogP contribution in [0.3, 0.4) is 0 Å². The first kappa shape index (κ1) is 13.8. The van der Waals surface area contributed by atoms with E-state index >= 15 is 0 Å². The Kier molecular flexibility index (Phi) is 3.98. The molecule has 1 N–H and O–H groups in total. The highest BCUT2D eigenvalue weighted by molar-refractivity contribution is 7.99. The van der Waals surface area contributed by atoms with Gasteiger partial charge in [0.2, 0.25) is 0 Å². The fraction of sp³-hybridized carbons (Fsp3) is 0.167. The molecule has 3 rings (SSSR count). The quantitative estimate of drug-likeness (QED) is 0.740. The number of benzene rings is 2. The third-order valence-corrected chi connectivity index (χ3v) is 4.96. The van der Waals surface area contributed by atoms with E-state index in [1.807, 2.05) is 30.8 Å². The van der Waals surface area contributed by atoms with Crippen LogP contribution in [0.15, 0.2) is 70.8 Å². The zero-order valence-corrected chi connectivity index (χ0v) is 12.7. The van der Waals surface area contributed by atoms with Crippen LogP contribution in [0.2, 0.25) is 0 Å². The molecule has 0 aromatic heterocycles. The van der Waals surface area contributed by atoms with Crippen molar-refractivity contribution in [3.8, 4) is 6.07 Å². The number of para-hydroxylation sites is 1. The van der Waals surface area contributed by atoms with Crippen LogP contribution in [0.5, 0.6) is 0 Å². The first-order valence-electron chi connectivity index (χ1n) is 6.95. The van der Waals surface area contributed by atoms with Gasteiger partial charge in [0, 0.05) is 27.8 Å². The fourth-order valence-corrected chi connectivity index (χ4v) is 3.69. The summed E-state index contributed by atoms with van der Waals surface area (Å²) in [6.45, 7) is 1.88. The van der Waals surface area contributed by atoms with Crippen molar-refractivity contribution in [1.29, 1.82) is 5.26 Å². The van der Waals surface area contributed by atoms with Gasteiger partial charge >= 0.3 is 0 Å². The molecule has 0 saturated carbocycles. The van der Waals surface area contributed by atoms with E-state index in [1.54, 1.807) is 0 Å². The van der Waals surface area contributed by atoms with Gasteiger partial charge in [0.15, 0.2) is 0 Å². The maximum atomic E-state index is 9.23. The second-order valence-corrected chi connectivity index (χ2v) is 6.30. The highest BCUT2D eigenvalue weighted by Gasteiger charge is 2.22. The number of nitrogens with zero attached hydrogens (tertiary/aromatic N) is 1. The molecule has 1 unspecified atom stereocenters. The van der Waals surface area contributed by atoms with Crippen LogP contribution >= 0.6 is 11.8 Å². The minimum absolute atomic E-state index is 0.320. The van der Waals surface area contributed by atoms with E-state index in [1.165, 1.54) is 10.5 Å². The number of rotatable bonds is 1. The van der Waals surface area contributed by atoms with Crippen LogP contribution in [0, 0.1) is 11.3 Å². The van der Waals surface area contributed by atoms with E-state index in [-0.39, 0.29) is 0 Å². The van der Waals surface area contributed by atoms with E-state index in [4.69, 9.17) is 0 Å². The van der Waals surface area contributed by atoms with Gasteiger partial charge in [0.05, 0.1) is 11.8 Å². The largest absolute Gasteiger partial charge is 0.357 e. The SMILES string of the molecule is CC(C#N)=C1CC(c2ccccc2)Sc2ccccc2N1. The number of hydrogen-bond acceptors (Lipinski definition) is 3. The average molecular weight is 292 g/mol. The highest BCUT2D eigenvalue weighted by Crippen LogP contribution is 2.45. The van der Waals surface area contributed by atoms with E-state index in [9.17, 15) is 5.26 Å². The van der Waals surface area contributed by atoms with Crippen molar-refractivity contribution in [2.75, 3.05) is 5.32 Å². The lowest BCUT2D eigenvalue weighted by Gasteiger charge is -2.15. The number of allylic oxidation sites excluding steroid dienone is 2. The van der Waals surface area contributed by atoms with Gasteiger partial charge < -0.3 is 5.32 Å². The monoisotopic (exact) mass is 292 g/mol. The van der Waals surface area contributed by atoms with Gasteiger partial charge in [-0.2, -0.15) is 5.26 Å². The predicted molar refractivity (Wildman–Crippen MR) is 88.0 cm³/mol. The minimum Gasteiger partial charge on any atom is -0.357 e. The molecular formula is C18H16N2S. The molecule has 21 heavy (non-hydrogen) atoms. The molecule has 2 nitrogen and oxygen atoms in total. The van der Waals surface area contributed by atoms with Gasteiger partial charge in [-0.3, -0.25) is 0 Å². The van der Waals surface area contributed by atoms with Gasteiger partial charge in [-0.25, -0.2) is 0 Å². The summed E-state index contributed by atoms with van der Waals surface area (Å²) in [7, 11) is 0. The van der Waals surface area contributed by atoms with Crippen LogP contribution < -0.4 is 5.32 Å². The van der Waals surface area contributed by atoms with Crippen molar-refractivity contribution in [3.63, 3.8) is 0 Å². The summed E-state index contributed by atoms with van der Waals surface area (Å²) in [5, 5.41) is 13.0. The van der Waals surface area contributed by atoms with E-state index in [2.05, 4.69) is 53.9 Å². The number of thioether (sulfide) groups is 1. The molecule has 2 aromatic carbocycles. The summed E-state index contributed by atoms with van der Waals surface area (Å²) in [5.74, 6) is 0. The lowest BCUT2D eigenvalue weighted by Crippen LogP contribution is -2.03. The summed E-state index contributed by atoms with van der Waals surface area (Å²) in [6.07, 6.45) is 0.836. The number of hydrogen-bond donors (Lipinski definition) is 1. The first-order chi connectivity index (χ1) is 10.3. The smallest absolute Gasteiger partial charge is 0.0962 e. The molecule has 0 aliphatic carbocycles. The second-order valence-electron chi connectivity index (χ2n) is 5.06. The van der Waals surface area contributed by atoms with Crippen molar-refractivity contribution >= 4 is 17.4 Å². The topological polar surface area (TPSA) is 35.8 Å². The second kappa shape index (κ2) is 6.07. The maximum absolute atomic E-state index is 9.23. The van der Waals surface area contributed by atoms with Gasteiger partial charge in [-0.1, -0.05) is 42.5 Å². The molecule has 0 spiro atoms. The Hall–Kier alpha value is -2.18. The van der Waals surface area contributed by atoms with Crippen molar-refractivity contribution in [2.45, 2.75) is 23.5 Å². The Morgan fingerprint density at radius 3 is 2.62 bits per heavy atom. The van der Waals surface area contributed by atoms with Crippen molar-refractivity contribution in [3.05, 3.63) is 71.4 Å². The molecule has 2 aromatic rings. The van der Waals surface area contributed by atoms with E-state index in [0.29, 0.717) is 5.25 Å². The zero-order valence-electron chi connectivity index (χ0n) is 11.8. The predicted octanol–water partition coefficient (Wildman–Crippen LogP) is 5.13. The molecule has 1 heterocycles. The number of nitriles is 1. The molecule has 1 atom stereocenters. The summed E-state index contributed by atoms with van der Waals surface area (Å²) >= 11 is 1.86. The van der Waals surface area contributed by atoms with Crippen molar-refractivity contribution < 1.29 is 0 Å². The molecule has 104 valence electrons. The minimum atomic E-state index is 0.320. The molecule has 0 radical (unpaired) electrons. The zero-order chi connectivity index (χ0) is 14.7. The Balaban J connectivity index is 2.06. The van der Waals surface area contributed by atoms with Crippen LogP contribution in [-0.4, -0.2) is 0 Å². The van der Waals surface area contributed by atoms with Gasteiger partial charge in [-0.05, 0) is 24.6 Å². The lowest BCUT2D eigenvalue weighted by molar-refractivity contribution is 0.917. The van der Waals surface area contributed by atoms with Crippen molar-refractivity contribution in [2.24, 2.45) is 0 Å². The van der Waals surface area contributed by atoms with Gasteiger partial charge in [0.25, 0.3) is 0 Å². The molecule has 3 heteroatoms. The Labute approximate surface area is 129 Å². The number of fused-ring (bicyclic) bond motifs is 1. The lowest BCUT2D eigenvalue weighted by atomic mass is 10.1. The molecule has 0 fully saturated rings. The maximum Gasteiger partial charge on any atom is 0.0962 e. The fourth-order valence-electron chi connectivity index (χ4n) is 2.43. The molecule has 0 bridgehead atoms. The number of nitrogens with one attached hydrogen (secondary N) is 1. The Morgan fingerprint density at radius 1 is 1.14 bits per heavy atom. The summed E-state index contributed by atoms with van der Waals surface area (Å²) in [5.41, 5.74) is 4.16. The first-order valence-corrected chi connectivity index (χ1v) is 7.83. The number of anilines is 1. The third kappa shape index (κ3) is 2.96. The molecule has 1 aliphatic rings. The van der Waals surface area contributed by atoms with E-state index < -0.39 is 0 Å². The highest BCUT2D eigenvalue weighted by atomic mass is 32.2. The van der Waals surface area contributed by atoms with Crippen LogP contribution in [0.25, 0.3) is 0 Å². The van der Waals surface area contributed by atoms with Crippen LogP contribution in [0.1, 0.15) is 24.2 Å². The summed E-state index contributed by atoms with van der Waals surface area (Å²) in [6, 6.07) is 21.0. The third-order valence-electron chi connectivity index (χ3n) is 3.62. The molecule has 0 saturated heterocycles. The summed E-state index contributed by atoms with van der Waals surface area (Å²) < 4.78 is 0. The van der Waals surface area contributed by atoms with Crippen molar-refractivity contribution in [1.82, 2.24) is 0 Å². The summed E-state index contributed by atoms with van der Waals surface area (Å²) in [4.78, 5) is 1.23. The van der Waals surface area contributed by atoms with Crippen LogP contribution in [0.4, 0.5) is 5.69 Å². The van der Waals surface area contributed by atoms with E-state index in [0.717, 1.165) is 23.4 Å². The molecule has 0 amide bonds. The normalized spacial score (nSPS) is 19.7. The molecule has 1 aliphatic heterocycles. The Morgan fingerprint density at radius 2 is 1.86 bits per heavy atom. The standard InChI is InChI=1S/C18H16N2S/c1-13(12-19)16-11-18(14-7-3-2-4-8-14)21-17-10-6-5-9-15(17)20-16/h2-10,18,20H,11H2,1H3. The van der Waals surface area contributed by atoms with Crippen LogP contribution in [-0.2, 0) is 0 Å². The Bertz CT molecular complexity index is 713. The van der Waals surface area contributed by atoms with Gasteiger partial charge in [-0.15, -0.1) is 11.8 Å². The van der Waals surface area contributed by atoms with Gasteiger partial charge in [0.1, 0.15) is 0 Å². The molecular weight excluding hydrogens is 276 g/mol.